The summed E-state index contributed by atoms with van der Waals surface area (Å²) < 4.78 is 11.6. The van der Waals surface area contributed by atoms with E-state index in [1.807, 2.05) is 24.3 Å². The average Bonchev–Trinajstić information content (AvgIpc) is 2.75. The van der Waals surface area contributed by atoms with Gasteiger partial charge in [-0.15, -0.1) is 0 Å². The summed E-state index contributed by atoms with van der Waals surface area (Å²) in [5, 5.41) is 0. The first kappa shape index (κ1) is 23.1. The predicted molar refractivity (Wildman–Crippen MR) is 128 cm³/mol. The molecule has 0 fully saturated rings. The summed E-state index contributed by atoms with van der Waals surface area (Å²) >= 11 is 0. The van der Waals surface area contributed by atoms with Crippen molar-refractivity contribution in [1.29, 1.82) is 0 Å². The van der Waals surface area contributed by atoms with Crippen molar-refractivity contribution in [2.75, 3.05) is 6.61 Å². The summed E-state index contributed by atoms with van der Waals surface area (Å²) in [6.07, 6.45) is 9.00. The molecule has 0 radical (unpaired) electrons. The van der Waals surface area contributed by atoms with Gasteiger partial charge in [0.2, 0.25) is 0 Å². The van der Waals surface area contributed by atoms with Crippen LogP contribution in [0.2, 0.25) is 0 Å². The fourth-order valence-electron chi connectivity index (χ4n) is 4.21. The highest BCUT2D eigenvalue weighted by atomic mass is 16.5. The first-order valence-corrected chi connectivity index (χ1v) is 11.5. The summed E-state index contributed by atoms with van der Waals surface area (Å²) in [6.45, 7) is 12.1. The molecule has 0 atom stereocenters. The van der Waals surface area contributed by atoms with Crippen LogP contribution in [0.15, 0.2) is 48.7 Å². The molecule has 31 heavy (non-hydrogen) atoms. The fraction of sp³-hybridized carbons (Fsp3) is 0.464. The van der Waals surface area contributed by atoms with Gasteiger partial charge in [-0.3, -0.25) is 0 Å². The van der Waals surface area contributed by atoms with Crippen LogP contribution in [0.1, 0.15) is 93.8 Å². The Labute approximate surface area is 187 Å². The van der Waals surface area contributed by atoms with Crippen LogP contribution in [0.4, 0.5) is 0 Å². The Morgan fingerprint density at radius 2 is 1.61 bits per heavy atom. The van der Waals surface area contributed by atoms with Crippen LogP contribution in [-0.4, -0.2) is 12.6 Å². The number of esters is 1. The first-order chi connectivity index (χ1) is 14.7. The van der Waals surface area contributed by atoms with Crippen molar-refractivity contribution in [2.24, 2.45) is 0 Å². The molecule has 2 aromatic carbocycles. The SMILES string of the molecule is CCCCCOc1cc2c(cc1C=COC(=O)c1ccccc1)C(C)(C)CCC2(C)C. The summed E-state index contributed by atoms with van der Waals surface area (Å²) in [4.78, 5) is 12.3. The molecule has 0 saturated heterocycles. The van der Waals surface area contributed by atoms with E-state index in [4.69, 9.17) is 9.47 Å². The highest BCUT2D eigenvalue weighted by Gasteiger charge is 2.37. The van der Waals surface area contributed by atoms with E-state index < -0.39 is 0 Å². The van der Waals surface area contributed by atoms with Crippen LogP contribution >= 0.6 is 0 Å². The van der Waals surface area contributed by atoms with Gasteiger partial charge in [-0.2, -0.15) is 0 Å². The molecule has 3 rings (SSSR count). The van der Waals surface area contributed by atoms with E-state index in [9.17, 15) is 4.79 Å². The van der Waals surface area contributed by atoms with E-state index in [-0.39, 0.29) is 16.8 Å². The molecule has 0 aliphatic heterocycles. The monoisotopic (exact) mass is 420 g/mol. The van der Waals surface area contributed by atoms with Crippen molar-refractivity contribution in [3.05, 3.63) is 71.0 Å². The zero-order valence-corrected chi connectivity index (χ0v) is 19.7. The zero-order valence-electron chi connectivity index (χ0n) is 19.7. The third-order valence-corrected chi connectivity index (χ3v) is 6.42. The lowest BCUT2D eigenvalue weighted by atomic mass is 9.63. The van der Waals surface area contributed by atoms with Crippen molar-refractivity contribution in [1.82, 2.24) is 0 Å². The number of benzene rings is 2. The molecular formula is C28H36O3. The maximum absolute atomic E-state index is 12.3. The van der Waals surface area contributed by atoms with Crippen molar-refractivity contribution < 1.29 is 14.3 Å². The number of hydrogen-bond acceptors (Lipinski definition) is 3. The van der Waals surface area contributed by atoms with Crippen LogP contribution in [0.5, 0.6) is 5.75 Å². The largest absolute Gasteiger partial charge is 0.493 e. The molecule has 1 aliphatic rings. The summed E-state index contributed by atoms with van der Waals surface area (Å²) in [5.74, 6) is 0.509. The van der Waals surface area contributed by atoms with Crippen molar-refractivity contribution >= 4 is 12.0 Å². The van der Waals surface area contributed by atoms with Crippen LogP contribution in [-0.2, 0) is 15.6 Å². The molecule has 166 valence electrons. The van der Waals surface area contributed by atoms with Crippen LogP contribution in [0, 0.1) is 0 Å². The number of fused-ring (bicyclic) bond motifs is 1. The second kappa shape index (κ2) is 9.72. The average molecular weight is 421 g/mol. The fourth-order valence-corrected chi connectivity index (χ4v) is 4.21. The van der Waals surface area contributed by atoms with E-state index in [0.29, 0.717) is 12.2 Å². The minimum absolute atomic E-state index is 0.106. The van der Waals surface area contributed by atoms with E-state index in [1.54, 1.807) is 12.1 Å². The Kier molecular flexibility index (Phi) is 7.25. The topological polar surface area (TPSA) is 35.5 Å². The molecule has 0 saturated carbocycles. The lowest BCUT2D eigenvalue weighted by Crippen LogP contribution is -2.34. The van der Waals surface area contributed by atoms with E-state index in [2.05, 4.69) is 46.8 Å². The van der Waals surface area contributed by atoms with Gasteiger partial charge in [0.1, 0.15) is 5.75 Å². The molecule has 3 heteroatoms. The molecule has 0 aromatic heterocycles. The van der Waals surface area contributed by atoms with Crippen LogP contribution in [0.25, 0.3) is 6.08 Å². The molecule has 2 aromatic rings. The Morgan fingerprint density at radius 3 is 2.26 bits per heavy atom. The predicted octanol–water partition coefficient (Wildman–Crippen LogP) is 7.43. The van der Waals surface area contributed by atoms with Gasteiger partial charge in [0.25, 0.3) is 0 Å². The Balaban J connectivity index is 1.90. The highest BCUT2D eigenvalue weighted by Crippen LogP contribution is 2.47. The third kappa shape index (κ3) is 5.58. The minimum Gasteiger partial charge on any atom is -0.493 e. The van der Waals surface area contributed by atoms with Gasteiger partial charge in [0.15, 0.2) is 0 Å². The molecule has 3 nitrogen and oxygen atoms in total. The van der Waals surface area contributed by atoms with Gasteiger partial charge in [0.05, 0.1) is 18.4 Å². The minimum atomic E-state index is -0.360. The Hall–Kier alpha value is -2.55. The summed E-state index contributed by atoms with van der Waals surface area (Å²) in [6, 6.07) is 13.5. The summed E-state index contributed by atoms with van der Waals surface area (Å²) in [7, 11) is 0. The van der Waals surface area contributed by atoms with E-state index >= 15 is 0 Å². The number of unbranched alkanes of at least 4 members (excludes halogenated alkanes) is 2. The Bertz CT molecular complexity index is 923. The van der Waals surface area contributed by atoms with Gasteiger partial charge < -0.3 is 9.47 Å². The maximum Gasteiger partial charge on any atom is 0.342 e. The standard InChI is InChI=1S/C28H36O3/c1-6-7-11-17-30-25-20-24-23(27(2,3)15-16-28(24,4)5)19-22(25)14-18-31-26(29)21-12-9-8-10-13-21/h8-10,12-14,18-20H,6-7,11,15-17H2,1-5H3. The third-order valence-electron chi connectivity index (χ3n) is 6.42. The number of rotatable bonds is 8. The van der Waals surface area contributed by atoms with E-state index in [0.717, 1.165) is 43.4 Å². The quantitative estimate of drug-likeness (QED) is 0.253. The van der Waals surface area contributed by atoms with Crippen molar-refractivity contribution in [2.45, 2.75) is 77.6 Å². The van der Waals surface area contributed by atoms with Gasteiger partial charge in [-0.25, -0.2) is 4.79 Å². The molecule has 0 amide bonds. The lowest BCUT2D eigenvalue weighted by molar-refractivity contribution is 0.0665. The Morgan fingerprint density at radius 1 is 0.968 bits per heavy atom. The lowest BCUT2D eigenvalue weighted by Gasteiger charge is -2.42. The van der Waals surface area contributed by atoms with Gasteiger partial charge in [-0.1, -0.05) is 65.7 Å². The molecule has 0 heterocycles. The number of carbonyl (C=O) groups is 1. The molecule has 0 N–H and O–H groups in total. The van der Waals surface area contributed by atoms with E-state index in [1.165, 1.54) is 17.4 Å². The second-order valence-electron chi connectivity index (χ2n) is 9.83. The first-order valence-electron chi connectivity index (χ1n) is 11.5. The van der Waals surface area contributed by atoms with Gasteiger partial charge in [0, 0.05) is 5.56 Å². The second-order valence-corrected chi connectivity index (χ2v) is 9.83. The van der Waals surface area contributed by atoms with Crippen LogP contribution in [0.3, 0.4) is 0 Å². The zero-order chi connectivity index (χ0) is 22.5. The van der Waals surface area contributed by atoms with Crippen molar-refractivity contribution in [3.63, 3.8) is 0 Å². The summed E-state index contributed by atoms with van der Waals surface area (Å²) in [5.41, 5.74) is 4.45. The number of hydrogen-bond donors (Lipinski definition) is 0. The number of carbonyl (C=O) groups excluding carboxylic acids is 1. The molecular weight excluding hydrogens is 384 g/mol. The number of ether oxygens (including phenoxy) is 2. The van der Waals surface area contributed by atoms with Crippen LogP contribution < -0.4 is 4.74 Å². The maximum atomic E-state index is 12.3. The molecule has 0 unspecified atom stereocenters. The highest BCUT2D eigenvalue weighted by molar-refractivity contribution is 5.89. The molecule has 0 bridgehead atoms. The smallest absolute Gasteiger partial charge is 0.342 e. The van der Waals surface area contributed by atoms with Gasteiger partial charge in [-0.05, 0) is 71.6 Å². The molecule has 1 aliphatic carbocycles. The normalized spacial score (nSPS) is 16.7. The molecule has 0 spiro atoms. The van der Waals surface area contributed by atoms with Crippen molar-refractivity contribution in [3.8, 4) is 5.75 Å². The van der Waals surface area contributed by atoms with Gasteiger partial charge >= 0.3 is 5.97 Å².